The van der Waals surface area contributed by atoms with E-state index in [-0.39, 0.29) is 6.10 Å². The second-order valence-electron chi connectivity index (χ2n) is 3.99. The summed E-state index contributed by atoms with van der Waals surface area (Å²) in [4.78, 5) is 10.8. The fourth-order valence-electron chi connectivity index (χ4n) is 1.72. The van der Waals surface area contributed by atoms with Crippen LogP contribution in [0.1, 0.15) is 18.0 Å². The zero-order valence-electron chi connectivity index (χ0n) is 9.33. The molecule has 0 aromatic heterocycles. The summed E-state index contributed by atoms with van der Waals surface area (Å²) in [5.41, 5.74) is 6.13. The van der Waals surface area contributed by atoms with Crippen molar-refractivity contribution < 1.29 is 14.6 Å². The van der Waals surface area contributed by atoms with E-state index >= 15 is 0 Å². The molecule has 1 aromatic carbocycles. The first-order valence-electron chi connectivity index (χ1n) is 5.49. The molecule has 1 heterocycles. The van der Waals surface area contributed by atoms with Crippen LogP contribution in [-0.2, 0) is 4.79 Å². The molecule has 4 nitrogen and oxygen atoms in total. The Bertz CT molecular complexity index is 404. The molecule has 0 saturated carbocycles. The van der Waals surface area contributed by atoms with Crippen molar-refractivity contribution in [1.82, 2.24) is 0 Å². The van der Waals surface area contributed by atoms with Crippen molar-refractivity contribution in [2.45, 2.75) is 18.6 Å². The summed E-state index contributed by atoms with van der Waals surface area (Å²) in [6.07, 6.45) is 1.27. The van der Waals surface area contributed by atoms with Crippen molar-refractivity contribution in [3.05, 3.63) is 29.8 Å². The number of thioether (sulfide) groups is 1. The number of nitrogens with two attached hydrogens (primary N) is 1. The summed E-state index contributed by atoms with van der Waals surface area (Å²) < 4.78 is 5.78. The Labute approximate surface area is 104 Å². The number of benzene rings is 1. The van der Waals surface area contributed by atoms with Gasteiger partial charge >= 0.3 is 5.97 Å². The number of ether oxygens (including phenoxy) is 1. The van der Waals surface area contributed by atoms with Crippen LogP contribution in [0.25, 0.3) is 0 Å². The van der Waals surface area contributed by atoms with Crippen molar-refractivity contribution in [1.29, 1.82) is 0 Å². The van der Waals surface area contributed by atoms with Gasteiger partial charge in [0.05, 0.1) is 0 Å². The fourth-order valence-corrected chi connectivity index (χ4v) is 2.82. The lowest BCUT2D eigenvalue weighted by Crippen LogP contribution is -2.21. The molecule has 5 heteroatoms. The molecule has 17 heavy (non-hydrogen) atoms. The van der Waals surface area contributed by atoms with Crippen molar-refractivity contribution in [3.63, 3.8) is 0 Å². The smallest absolute Gasteiger partial charge is 0.325 e. The average molecular weight is 253 g/mol. The molecule has 2 rings (SSSR count). The lowest BCUT2D eigenvalue weighted by molar-refractivity contribution is -0.138. The minimum atomic E-state index is -1.03. The third-order valence-corrected chi connectivity index (χ3v) is 3.81. The molecule has 1 fully saturated rings. The Morgan fingerprint density at radius 2 is 2.41 bits per heavy atom. The molecule has 1 aliphatic heterocycles. The fraction of sp³-hybridized carbons (Fsp3) is 0.417. The number of hydrogen-bond acceptors (Lipinski definition) is 4. The Balaban J connectivity index is 2.07. The highest BCUT2D eigenvalue weighted by molar-refractivity contribution is 7.99. The Morgan fingerprint density at radius 3 is 3.06 bits per heavy atom. The lowest BCUT2D eigenvalue weighted by atomic mass is 10.1. The van der Waals surface area contributed by atoms with Crippen LogP contribution < -0.4 is 10.5 Å². The first kappa shape index (κ1) is 12.3. The molecule has 0 amide bonds. The van der Waals surface area contributed by atoms with Crippen LogP contribution in [0.5, 0.6) is 5.75 Å². The van der Waals surface area contributed by atoms with Crippen LogP contribution in [-0.4, -0.2) is 28.7 Å². The van der Waals surface area contributed by atoms with E-state index in [2.05, 4.69) is 0 Å². The van der Waals surface area contributed by atoms with E-state index in [9.17, 15) is 4.79 Å². The highest BCUT2D eigenvalue weighted by Crippen LogP contribution is 2.24. The summed E-state index contributed by atoms with van der Waals surface area (Å²) in [6, 6.07) is 6.03. The molecular weight excluding hydrogens is 238 g/mol. The second-order valence-corrected chi connectivity index (χ2v) is 5.14. The predicted octanol–water partition coefficient (Wildman–Crippen LogP) is 1.66. The monoisotopic (exact) mass is 253 g/mol. The van der Waals surface area contributed by atoms with E-state index in [1.54, 1.807) is 18.2 Å². The number of carboxylic acid groups (broad SMARTS) is 1. The Hall–Kier alpha value is -1.20. The minimum Gasteiger partial charge on any atom is -0.490 e. The topological polar surface area (TPSA) is 72.6 Å². The van der Waals surface area contributed by atoms with Crippen molar-refractivity contribution in [2.75, 3.05) is 11.5 Å². The van der Waals surface area contributed by atoms with E-state index in [4.69, 9.17) is 15.6 Å². The third-order valence-electron chi connectivity index (χ3n) is 2.67. The first-order chi connectivity index (χ1) is 8.16. The standard InChI is InChI=1S/C12H15NO3S/c13-11(12(14)15)8-2-1-3-9(6-8)16-10-4-5-17-7-10/h1-3,6,10-11H,4-5,7,13H2,(H,14,15). The Morgan fingerprint density at radius 1 is 1.59 bits per heavy atom. The van der Waals surface area contributed by atoms with Gasteiger partial charge in [0, 0.05) is 5.75 Å². The van der Waals surface area contributed by atoms with Gasteiger partial charge in [-0.05, 0) is 29.9 Å². The van der Waals surface area contributed by atoms with Gasteiger partial charge in [0.1, 0.15) is 17.9 Å². The summed E-state index contributed by atoms with van der Waals surface area (Å²) in [5, 5.41) is 8.84. The second kappa shape index (κ2) is 5.42. The van der Waals surface area contributed by atoms with Gasteiger partial charge in [0.15, 0.2) is 0 Å². The van der Waals surface area contributed by atoms with Crippen molar-refractivity contribution in [2.24, 2.45) is 5.73 Å². The maximum atomic E-state index is 10.8. The van der Waals surface area contributed by atoms with Gasteiger partial charge in [-0.3, -0.25) is 4.79 Å². The first-order valence-corrected chi connectivity index (χ1v) is 6.65. The molecule has 0 bridgehead atoms. The van der Waals surface area contributed by atoms with Gasteiger partial charge in [0.2, 0.25) is 0 Å². The van der Waals surface area contributed by atoms with E-state index in [0.29, 0.717) is 11.3 Å². The zero-order chi connectivity index (χ0) is 12.3. The molecular formula is C12H15NO3S. The van der Waals surface area contributed by atoms with Crippen LogP contribution in [0, 0.1) is 0 Å². The van der Waals surface area contributed by atoms with Gasteiger partial charge < -0.3 is 15.6 Å². The van der Waals surface area contributed by atoms with Crippen molar-refractivity contribution >= 4 is 17.7 Å². The van der Waals surface area contributed by atoms with Crippen LogP contribution >= 0.6 is 11.8 Å². The van der Waals surface area contributed by atoms with Gasteiger partial charge in [0.25, 0.3) is 0 Å². The van der Waals surface area contributed by atoms with Gasteiger partial charge in [-0.15, -0.1) is 0 Å². The third kappa shape index (κ3) is 3.14. The number of rotatable bonds is 4. The number of aliphatic carboxylic acids is 1. The average Bonchev–Trinajstić information content (AvgIpc) is 2.81. The molecule has 1 saturated heterocycles. The van der Waals surface area contributed by atoms with E-state index < -0.39 is 12.0 Å². The maximum Gasteiger partial charge on any atom is 0.325 e. The molecule has 92 valence electrons. The molecule has 0 spiro atoms. The SMILES string of the molecule is NC(C(=O)O)c1cccc(OC2CCSC2)c1. The van der Waals surface area contributed by atoms with Crippen LogP contribution in [0.2, 0.25) is 0 Å². The maximum absolute atomic E-state index is 10.8. The summed E-state index contributed by atoms with van der Waals surface area (Å²) in [7, 11) is 0. The molecule has 0 aliphatic carbocycles. The largest absolute Gasteiger partial charge is 0.490 e. The van der Waals surface area contributed by atoms with Gasteiger partial charge in [-0.1, -0.05) is 12.1 Å². The number of carboxylic acids is 1. The van der Waals surface area contributed by atoms with E-state index in [1.165, 1.54) is 0 Å². The predicted molar refractivity (Wildman–Crippen MR) is 67.4 cm³/mol. The van der Waals surface area contributed by atoms with E-state index in [0.717, 1.165) is 17.9 Å². The highest BCUT2D eigenvalue weighted by atomic mass is 32.2. The normalized spacial score (nSPS) is 21.1. The van der Waals surface area contributed by atoms with Crippen molar-refractivity contribution in [3.8, 4) is 5.75 Å². The molecule has 2 atom stereocenters. The quantitative estimate of drug-likeness (QED) is 0.853. The molecule has 3 N–H and O–H groups in total. The highest BCUT2D eigenvalue weighted by Gasteiger charge is 2.18. The van der Waals surface area contributed by atoms with Crippen LogP contribution in [0.15, 0.2) is 24.3 Å². The summed E-state index contributed by atoms with van der Waals surface area (Å²) in [6.45, 7) is 0. The Kier molecular flexibility index (Phi) is 3.91. The van der Waals surface area contributed by atoms with Crippen LogP contribution in [0.3, 0.4) is 0 Å². The molecule has 1 aliphatic rings. The van der Waals surface area contributed by atoms with Gasteiger partial charge in [-0.25, -0.2) is 0 Å². The minimum absolute atomic E-state index is 0.233. The summed E-state index contributed by atoms with van der Waals surface area (Å²) in [5.74, 6) is 1.79. The number of hydrogen-bond donors (Lipinski definition) is 2. The van der Waals surface area contributed by atoms with Gasteiger partial charge in [-0.2, -0.15) is 11.8 Å². The number of carbonyl (C=O) groups is 1. The van der Waals surface area contributed by atoms with Crippen LogP contribution in [0.4, 0.5) is 0 Å². The molecule has 0 radical (unpaired) electrons. The molecule has 1 aromatic rings. The van der Waals surface area contributed by atoms with E-state index in [1.807, 2.05) is 17.8 Å². The summed E-state index contributed by atoms with van der Waals surface area (Å²) >= 11 is 1.87. The lowest BCUT2D eigenvalue weighted by Gasteiger charge is -2.14. The zero-order valence-corrected chi connectivity index (χ0v) is 10.2. The molecule has 2 unspecified atom stereocenters.